The van der Waals surface area contributed by atoms with E-state index in [9.17, 15) is 80.6 Å². The van der Waals surface area contributed by atoms with Crippen LogP contribution in [0.25, 0.3) is 0 Å². The average Bonchev–Trinajstić information content (AvgIpc) is 1.57. The molecule has 2 aliphatic rings. The Hall–Kier alpha value is -9.24. The highest BCUT2D eigenvalue weighted by molar-refractivity contribution is 6.03. The molecule has 2 saturated heterocycles. The van der Waals surface area contributed by atoms with Crippen molar-refractivity contribution in [2.45, 2.75) is 287 Å². The quantitative estimate of drug-likeness (QED) is 0.0268. The van der Waals surface area contributed by atoms with Crippen LogP contribution in [0.3, 0.4) is 0 Å². The van der Waals surface area contributed by atoms with Crippen LogP contribution in [-0.4, -0.2) is 203 Å². The number of allylic oxidation sites excluding steroid dienone is 1. The number of benzene rings is 1. The maximum Gasteiger partial charge on any atom is 0.471 e. The smallest absolute Gasteiger partial charge is 0.458 e. The number of carbonyl (C=O) groups excluding carboxylic acids is 15. The SMILES string of the molecule is C/C=C1\NC(=O)[C@H](Cc2ccccc2)NC(=O)[C@@H](C(C)C)NC(=O)[C@@H]([C@H](C)CC)NC(=O)[C@H](NC(=O)[C@H](NC(=O)[C@H](CCCNC(=O)C(F)(F)F)NC(=O)[C@H]2CCCN2C(=O)[C@H](NC(=O)[C@@H](NC(=O)[C@@H](NC(=O)[C@H](NC(=O)CC[C@@H](C)CC)C(C)C)[C@@H](C)O)C(C)C)C(C)C)[C@H](C)CC)[C@H](C)OC(=O)[C@H](C(C)C)NC1=O. The van der Waals surface area contributed by atoms with Crippen LogP contribution in [0, 0.1) is 47.3 Å². The molecule has 1 aromatic carbocycles. The van der Waals surface area contributed by atoms with Gasteiger partial charge in [-0.2, -0.15) is 13.2 Å². The Kier molecular flexibility index (Phi) is 39.2. The highest BCUT2D eigenvalue weighted by Crippen LogP contribution is 2.24. The minimum absolute atomic E-state index is 0.0188. The lowest BCUT2D eigenvalue weighted by molar-refractivity contribution is -0.173. The van der Waals surface area contributed by atoms with Gasteiger partial charge in [-0.1, -0.05) is 166 Å². The van der Waals surface area contributed by atoms with Crippen LogP contribution in [0.2, 0.25) is 0 Å². The molecule has 2 heterocycles. The minimum Gasteiger partial charge on any atom is -0.458 e. The van der Waals surface area contributed by atoms with Crippen molar-refractivity contribution in [3.8, 4) is 0 Å². The fourth-order valence-corrected chi connectivity index (χ4v) is 12.3. The molecule has 3 rings (SSSR count). The first-order valence-electron chi connectivity index (χ1n) is 38.7. The molecule has 2 fully saturated rings. The topological polar surface area (TPSA) is 445 Å². The zero-order chi connectivity index (χ0) is 84.2. The summed E-state index contributed by atoms with van der Waals surface area (Å²) in [6.07, 6.45) is -6.11. The van der Waals surface area contributed by atoms with Gasteiger partial charge in [-0.05, 0) is 106 Å². The first kappa shape index (κ1) is 96.0. The van der Waals surface area contributed by atoms with Gasteiger partial charge < -0.3 is 83.9 Å². The molecular formula is C77H123F3N14O17. The Morgan fingerprint density at radius 1 is 0.613 bits per heavy atom. The molecule has 14 N–H and O–H groups in total. The number of rotatable bonds is 34. The van der Waals surface area contributed by atoms with E-state index in [0.717, 1.165) is 11.3 Å². The van der Waals surface area contributed by atoms with Crippen molar-refractivity contribution in [3.63, 3.8) is 0 Å². The van der Waals surface area contributed by atoms with Gasteiger partial charge in [-0.25, -0.2) is 4.79 Å². The molecule has 1 aromatic rings. The standard InChI is InChI=1S/C77H123F3N14O17/c1-20-43(15)33-34-53(96)85-54(38(5)6)68(102)92-61(46(18)95)72(106)87-56(40(9)10)69(103)88-57(41(11)12)74(108)94-36-28-32-52(94)66(100)83-50(31-27-35-81-76(110)77(78,79)80)64(98)90-59(44(16)21-2)71(105)93-62-47(19)111-75(109)58(42(13)14)89-63(97)49(23-4)82-65(99)51(37-48-29-25-24-26-30-48)84-67(101)55(39(7)8)86-70(104)60(45(17)22-3)91-73(62)107/h23-26,29-30,38-47,50-52,54-62,95H,20-22,27-28,31-37H2,1-19H3,(H,81,110)(H,82,99)(H,83,100)(H,84,101)(H,85,96)(H,86,104)(H,87,106)(H,88,103)(H,89,97)(H,90,98)(H,91,107)(H,92,102)(H,93,105)/b49-23-/t43-,44+,45+,46+,47-,50-,51-,52+,54+,55+,56-,57+,58-,59+,60+,61-,62+/m0/s1. The molecule has 0 radical (unpaired) electrons. The van der Waals surface area contributed by atoms with Crippen LogP contribution in [0.5, 0.6) is 0 Å². The number of carbonyl (C=O) groups is 15. The second-order valence-corrected chi connectivity index (χ2v) is 30.9. The lowest BCUT2D eigenvalue weighted by Crippen LogP contribution is -2.64. The van der Waals surface area contributed by atoms with E-state index in [0.29, 0.717) is 12.0 Å². The normalized spacial score (nSPS) is 22.3. The third kappa shape index (κ3) is 29.4. The van der Waals surface area contributed by atoms with Crippen molar-refractivity contribution in [2.75, 3.05) is 13.1 Å². The predicted molar refractivity (Wildman–Crippen MR) is 405 cm³/mol. The monoisotopic (exact) mass is 1570 g/mol. The fourth-order valence-electron chi connectivity index (χ4n) is 12.3. The number of aliphatic hydroxyl groups is 1. The van der Waals surface area contributed by atoms with Crippen molar-refractivity contribution >= 4 is 88.7 Å². The van der Waals surface area contributed by atoms with Gasteiger partial charge in [0.25, 0.3) is 5.91 Å². The Morgan fingerprint density at radius 2 is 1.15 bits per heavy atom. The number of nitrogens with one attached hydrogen (secondary N) is 13. The summed E-state index contributed by atoms with van der Waals surface area (Å²) in [6, 6.07) is -9.30. The molecule has 111 heavy (non-hydrogen) atoms. The van der Waals surface area contributed by atoms with Crippen LogP contribution in [-0.2, 0) is 83.1 Å². The van der Waals surface area contributed by atoms with Crippen LogP contribution >= 0.6 is 0 Å². The van der Waals surface area contributed by atoms with Gasteiger partial charge >= 0.3 is 18.1 Å². The van der Waals surface area contributed by atoms with Crippen molar-refractivity contribution in [3.05, 3.63) is 47.7 Å². The second-order valence-electron chi connectivity index (χ2n) is 30.9. The van der Waals surface area contributed by atoms with E-state index in [4.69, 9.17) is 4.74 Å². The molecule has 0 aliphatic carbocycles. The number of likely N-dealkylation sites (tertiary alicyclic amines) is 1. The van der Waals surface area contributed by atoms with E-state index in [1.165, 1.54) is 33.8 Å². The minimum atomic E-state index is -5.30. The first-order chi connectivity index (χ1) is 51.8. The first-order valence-corrected chi connectivity index (χ1v) is 38.7. The summed E-state index contributed by atoms with van der Waals surface area (Å²) in [5.41, 5.74) is 0.284. The molecule has 624 valence electrons. The van der Waals surface area contributed by atoms with Crippen LogP contribution in [0.4, 0.5) is 13.2 Å². The summed E-state index contributed by atoms with van der Waals surface area (Å²) in [6.45, 7) is 29.8. The molecule has 0 unspecified atom stereocenters. The number of hydrogen-bond acceptors (Lipinski definition) is 17. The largest absolute Gasteiger partial charge is 0.471 e. The molecule has 34 heteroatoms. The molecule has 14 amide bonds. The van der Waals surface area contributed by atoms with Gasteiger partial charge in [-0.15, -0.1) is 0 Å². The number of esters is 1. The number of ether oxygens (including phenoxy) is 1. The number of amides is 14. The van der Waals surface area contributed by atoms with E-state index in [1.54, 1.807) is 126 Å². The lowest BCUT2D eigenvalue weighted by atomic mass is 9.95. The number of halogens is 3. The third-order valence-corrected chi connectivity index (χ3v) is 20.1. The van der Waals surface area contributed by atoms with E-state index < -0.39 is 234 Å². The molecule has 31 nitrogen and oxygen atoms in total. The fraction of sp³-hybridized carbons (Fsp3) is 0.701. The molecular weight excluding hydrogens is 1450 g/mol. The number of alkyl halides is 3. The summed E-state index contributed by atoms with van der Waals surface area (Å²) in [5.74, 6) is -19.5. The van der Waals surface area contributed by atoms with Crippen LogP contribution < -0.4 is 69.1 Å². The van der Waals surface area contributed by atoms with E-state index in [1.807, 2.05) is 13.8 Å². The maximum absolute atomic E-state index is 15.1. The third-order valence-electron chi connectivity index (χ3n) is 20.1. The van der Waals surface area contributed by atoms with Gasteiger partial charge in [0.1, 0.15) is 84.3 Å². The number of cyclic esters (lactones) is 1. The summed E-state index contributed by atoms with van der Waals surface area (Å²) in [7, 11) is 0. The lowest BCUT2D eigenvalue weighted by Gasteiger charge is -2.34. The van der Waals surface area contributed by atoms with Crippen molar-refractivity contribution in [1.82, 2.24) is 74.0 Å². The number of aliphatic hydroxyl groups excluding tert-OH is 1. The Labute approximate surface area is 649 Å². The maximum atomic E-state index is 15.1. The van der Waals surface area contributed by atoms with Gasteiger partial charge in [0.05, 0.1) is 6.10 Å². The zero-order valence-corrected chi connectivity index (χ0v) is 67.7. The summed E-state index contributed by atoms with van der Waals surface area (Å²) in [4.78, 5) is 215. The highest BCUT2D eigenvalue weighted by Gasteiger charge is 2.45. The molecule has 17 atom stereocenters. The second kappa shape index (κ2) is 45.3. The van der Waals surface area contributed by atoms with E-state index in [-0.39, 0.29) is 62.6 Å². The molecule has 0 aromatic heterocycles. The van der Waals surface area contributed by atoms with Crippen LogP contribution in [0.15, 0.2) is 42.1 Å². The summed E-state index contributed by atoms with van der Waals surface area (Å²) >= 11 is 0. The van der Waals surface area contributed by atoms with E-state index in [2.05, 4.69) is 63.8 Å². The van der Waals surface area contributed by atoms with Crippen LogP contribution in [0.1, 0.15) is 195 Å². The predicted octanol–water partition coefficient (Wildman–Crippen LogP) is 2.56. The highest BCUT2D eigenvalue weighted by atomic mass is 19.4. The van der Waals surface area contributed by atoms with Crippen molar-refractivity contribution < 1.29 is 94.9 Å². The van der Waals surface area contributed by atoms with Gasteiger partial charge in [0.2, 0.25) is 70.9 Å². The molecule has 2 aliphatic heterocycles. The number of hydrogen-bond donors (Lipinski definition) is 14. The Morgan fingerprint density at radius 3 is 1.68 bits per heavy atom. The Bertz CT molecular complexity index is 3410. The van der Waals surface area contributed by atoms with Crippen molar-refractivity contribution in [2.24, 2.45) is 47.3 Å². The van der Waals surface area contributed by atoms with Gasteiger partial charge in [-0.3, -0.25) is 67.1 Å². The number of nitrogens with zero attached hydrogens (tertiary/aromatic N) is 1. The van der Waals surface area contributed by atoms with Gasteiger partial charge in [0, 0.05) is 25.9 Å². The summed E-state index contributed by atoms with van der Waals surface area (Å²) < 4.78 is 46.2. The molecule has 0 bridgehead atoms. The summed E-state index contributed by atoms with van der Waals surface area (Å²) in [5, 5.41) is 44.0. The van der Waals surface area contributed by atoms with E-state index >= 15 is 9.59 Å². The molecule has 0 spiro atoms. The Balaban J connectivity index is 2.09. The average molecular weight is 1570 g/mol. The van der Waals surface area contributed by atoms with Gasteiger partial charge in [0.15, 0.2) is 0 Å². The zero-order valence-electron chi connectivity index (χ0n) is 67.7. The molecule has 0 saturated carbocycles. The van der Waals surface area contributed by atoms with Crippen molar-refractivity contribution in [1.29, 1.82) is 0 Å².